The van der Waals surface area contributed by atoms with Gasteiger partial charge in [-0.05, 0) is 57.1 Å². The van der Waals surface area contributed by atoms with Gasteiger partial charge >= 0.3 is 0 Å². The topological polar surface area (TPSA) is 68.2 Å². The number of aryl methyl sites for hydroxylation is 1. The predicted molar refractivity (Wildman–Crippen MR) is 100 cm³/mol. The van der Waals surface area contributed by atoms with Crippen LogP contribution < -0.4 is 15.5 Å². The van der Waals surface area contributed by atoms with Crippen molar-refractivity contribution in [2.24, 2.45) is 0 Å². The first kappa shape index (κ1) is 16.9. The standard InChI is InChI=1S/C19H26N4OS/c20-11-15-14-5-1-2-7-17(14)25-19(15)23-10-8-13(12-23)22-18(24)16-6-3-4-9-21-16/h13,16,21H,1-10,12H2,(H,22,24)/t13?,16-/m0/s1. The molecule has 2 atom stereocenters. The molecule has 3 heterocycles. The summed E-state index contributed by atoms with van der Waals surface area (Å²) in [6.45, 7) is 2.70. The Bertz CT molecular complexity index is 686. The minimum Gasteiger partial charge on any atom is -0.360 e. The summed E-state index contributed by atoms with van der Waals surface area (Å²) in [4.78, 5) is 16.2. The van der Waals surface area contributed by atoms with Crippen molar-refractivity contribution in [3.05, 3.63) is 16.0 Å². The molecule has 2 N–H and O–H groups in total. The summed E-state index contributed by atoms with van der Waals surface area (Å²) in [5.74, 6) is 0.150. The molecule has 0 saturated carbocycles. The summed E-state index contributed by atoms with van der Waals surface area (Å²) in [5, 5.41) is 17.3. The lowest BCUT2D eigenvalue weighted by molar-refractivity contribution is -0.124. The number of thiophene rings is 1. The van der Waals surface area contributed by atoms with Crippen LogP contribution in [0, 0.1) is 11.3 Å². The molecule has 0 bridgehead atoms. The van der Waals surface area contributed by atoms with Crippen molar-refractivity contribution in [2.45, 2.75) is 63.5 Å². The van der Waals surface area contributed by atoms with Gasteiger partial charge in [-0.3, -0.25) is 4.79 Å². The Morgan fingerprint density at radius 1 is 1.24 bits per heavy atom. The lowest BCUT2D eigenvalue weighted by atomic mass is 9.96. The number of nitrogens with zero attached hydrogens (tertiary/aromatic N) is 2. The molecule has 0 aromatic carbocycles. The normalized spacial score (nSPS) is 26.1. The molecule has 0 radical (unpaired) electrons. The third kappa shape index (κ3) is 3.40. The van der Waals surface area contributed by atoms with Gasteiger partial charge in [0.15, 0.2) is 0 Å². The van der Waals surface area contributed by atoms with E-state index in [2.05, 4.69) is 21.6 Å². The first-order chi connectivity index (χ1) is 12.3. The van der Waals surface area contributed by atoms with Crippen molar-refractivity contribution >= 4 is 22.2 Å². The van der Waals surface area contributed by atoms with Crippen molar-refractivity contribution in [1.82, 2.24) is 10.6 Å². The average molecular weight is 359 g/mol. The minimum absolute atomic E-state index is 0.0217. The lowest BCUT2D eigenvalue weighted by Gasteiger charge is -2.24. The molecule has 134 valence electrons. The van der Waals surface area contributed by atoms with Gasteiger partial charge in [0, 0.05) is 24.0 Å². The molecule has 1 unspecified atom stereocenters. The minimum atomic E-state index is -0.0217. The zero-order valence-corrected chi connectivity index (χ0v) is 15.5. The summed E-state index contributed by atoms with van der Waals surface area (Å²) in [5.41, 5.74) is 2.20. The molecule has 2 fully saturated rings. The Morgan fingerprint density at radius 2 is 2.12 bits per heavy atom. The van der Waals surface area contributed by atoms with E-state index >= 15 is 0 Å². The molecule has 4 rings (SSSR count). The summed E-state index contributed by atoms with van der Waals surface area (Å²) >= 11 is 1.81. The van der Waals surface area contributed by atoms with Crippen molar-refractivity contribution < 1.29 is 4.79 Å². The SMILES string of the molecule is N#Cc1c(N2CCC(NC(=O)[C@@H]3CCCCN3)C2)sc2c1CCCC2. The third-order valence-electron chi connectivity index (χ3n) is 5.71. The third-order valence-corrected chi connectivity index (χ3v) is 7.07. The maximum Gasteiger partial charge on any atom is 0.237 e. The van der Waals surface area contributed by atoms with Crippen molar-refractivity contribution in [3.8, 4) is 6.07 Å². The van der Waals surface area contributed by atoms with Crippen LogP contribution in [0.15, 0.2) is 0 Å². The summed E-state index contributed by atoms with van der Waals surface area (Å²) in [6, 6.07) is 2.63. The highest BCUT2D eigenvalue weighted by molar-refractivity contribution is 7.16. The molecular formula is C19H26N4OS. The number of carbonyl (C=O) groups is 1. The maximum atomic E-state index is 12.4. The van der Waals surface area contributed by atoms with Crippen LogP contribution in [0.25, 0.3) is 0 Å². The van der Waals surface area contributed by atoms with E-state index in [4.69, 9.17) is 0 Å². The quantitative estimate of drug-likeness (QED) is 0.870. The van der Waals surface area contributed by atoms with Gasteiger partial charge in [0.2, 0.25) is 5.91 Å². The fourth-order valence-electron chi connectivity index (χ4n) is 4.33. The molecule has 1 aliphatic carbocycles. The molecule has 1 aromatic rings. The molecule has 25 heavy (non-hydrogen) atoms. The van der Waals surface area contributed by atoms with Crippen LogP contribution in [0.1, 0.15) is 54.5 Å². The van der Waals surface area contributed by atoms with E-state index in [0.717, 1.165) is 62.3 Å². The first-order valence-electron chi connectivity index (χ1n) is 9.59. The number of anilines is 1. The van der Waals surface area contributed by atoms with Gasteiger partial charge in [0.05, 0.1) is 11.6 Å². The van der Waals surface area contributed by atoms with Gasteiger partial charge in [-0.15, -0.1) is 11.3 Å². The van der Waals surface area contributed by atoms with Crippen molar-refractivity contribution in [1.29, 1.82) is 5.26 Å². The van der Waals surface area contributed by atoms with E-state index in [0.29, 0.717) is 0 Å². The fraction of sp³-hybridized carbons (Fsp3) is 0.684. The van der Waals surface area contributed by atoms with Gasteiger partial charge in [0.1, 0.15) is 11.1 Å². The largest absolute Gasteiger partial charge is 0.360 e. The highest BCUT2D eigenvalue weighted by atomic mass is 32.1. The Morgan fingerprint density at radius 3 is 2.92 bits per heavy atom. The fourth-order valence-corrected chi connectivity index (χ4v) is 5.70. The Labute approximate surface area is 153 Å². The summed E-state index contributed by atoms with van der Waals surface area (Å²) < 4.78 is 0. The molecule has 2 aliphatic heterocycles. The first-order valence-corrected chi connectivity index (χ1v) is 10.4. The van der Waals surface area contributed by atoms with Crippen LogP contribution in [-0.2, 0) is 17.6 Å². The van der Waals surface area contributed by atoms with Crippen LogP contribution in [0.5, 0.6) is 0 Å². The molecule has 1 aromatic heterocycles. The molecule has 1 amide bonds. The van der Waals surface area contributed by atoms with E-state index in [1.807, 2.05) is 11.3 Å². The van der Waals surface area contributed by atoms with Crippen LogP contribution in [0.4, 0.5) is 5.00 Å². The second-order valence-electron chi connectivity index (χ2n) is 7.45. The molecule has 0 spiro atoms. The number of hydrogen-bond donors (Lipinski definition) is 2. The number of hydrogen-bond acceptors (Lipinski definition) is 5. The maximum absolute atomic E-state index is 12.4. The molecular weight excluding hydrogens is 332 g/mol. The number of fused-ring (bicyclic) bond motifs is 1. The van der Waals surface area contributed by atoms with Crippen LogP contribution in [-0.4, -0.2) is 37.6 Å². The number of carbonyl (C=O) groups excluding carboxylic acids is 1. The van der Waals surface area contributed by atoms with Crippen LogP contribution in [0.2, 0.25) is 0 Å². The average Bonchev–Trinajstić information content (AvgIpc) is 3.26. The monoisotopic (exact) mass is 358 g/mol. The van der Waals surface area contributed by atoms with Crippen LogP contribution in [0.3, 0.4) is 0 Å². The number of amides is 1. The van der Waals surface area contributed by atoms with Gasteiger partial charge < -0.3 is 15.5 Å². The number of nitriles is 1. The van der Waals surface area contributed by atoms with E-state index in [-0.39, 0.29) is 18.0 Å². The Hall–Kier alpha value is -1.58. The van der Waals surface area contributed by atoms with Gasteiger partial charge in [-0.2, -0.15) is 5.26 Å². The van der Waals surface area contributed by atoms with Crippen molar-refractivity contribution in [3.63, 3.8) is 0 Å². The number of nitrogens with one attached hydrogen (secondary N) is 2. The Balaban J connectivity index is 1.42. The van der Waals surface area contributed by atoms with E-state index in [9.17, 15) is 10.1 Å². The second kappa shape index (κ2) is 7.35. The predicted octanol–water partition coefficient (Wildman–Crippen LogP) is 2.34. The van der Waals surface area contributed by atoms with Gasteiger partial charge in [0.25, 0.3) is 0 Å². The van der Waals surface area contributed by atoms with E-state index in [1.165, 1.54) is 29.7 Å². The molecule has 3 aliphatic rings. The smallest absolute Gasteiger partial charge is 0.237 e. The van der Waals surface area contributed by atoms with Gasteiger partial charge in [-0.25, -0.2) is 0 Å². The molecule has 2 saturated heterocycles. The lowest BCUT2D eigenvalue weighted by Crippen LogP contribution is -2.50. The zero-order chi connectivity index (χ0) is 17.2. The van der Waals surface area contributed by atoms with E-state index in [1.54, 1.807) is 0 Å². The van der Waals surface area contributed by atoms with Gasteiger partial charge in [-0.1, -0.05) is 6.42 Å². The number of piperidine rings is 1. The molecule has 6 heteroatoms. The second-order valence-corrected chi connectivity index (χ2v) is 8.53. The van der Waals surface area contributed by atoms with Crippen LogP contribution >= 0.6 is 11.3 Å². The number of rotatable bonds is 3. The highest BCUT2D eigenvalue weighted by Crippen LogP contribution is 2.40. The summed E-state index contributed by atoms with van der Waals surface area (Å²) in [6.07, 6.45) is 8.82. The summed E-state index contributed by atoms with van der Waals surface area (Å²) in [7, 11) is 0. The highest BCUT2D eigenvalue weighted by Gasteiger charge is 2.31. The van der Waals surface area contributed by atoms with E-state index < -0.39 is 0 Å². The molecule has 5 nitrogen and oxygen atoms in total. The van der Waals surface area contributed by atoms with Crippen molar-refractivity contribution in [2.75, 3.05) is 24.5 Å². The zero-order valence-electron chi connectivity index (χ0n) is 14.6. The Kier molecular flexibility index (Phi) is 4.96.